The minimum atomic E-state index is -3.23. The summed E-state index contributed by atoms with van der Waals surface area (Å²) in [7, 11) is -3.23. The Kier molecular flexibility index (Phi) is 2.58. The van der Waals surface area contributed by atoms with E-state index in [1.54, 1.807) is 0 Å². The zero-order valence-electron chi connectivity index (χ0n) is 8.66. The highest BCUT2D eigenvalue weighted by atomic mass is 32.2. The van der Waals surface area contributed by atoms with Crippen molar-refractivity contribution >= 4 is 10.0 Å². The van der Waals surface area contributed by atoms with Crippen molar-refractivity contribution in [2.75, 3.05) is 12.3 Å². The predicted molar refractivity (Wildman–Crippen MR) is 56.2 cm³/mol. The third-order valence-corrected chi connectivity index (χ3v) is 4.68. The lowest BCUT2D eigenvalue weighted by Crippen LogP contribution is -2.26. The third-order valence-electron chi connectivity index (χ3n) is 2.81. The first-order valence-corrected chi connectivity index (χ1v) is 6.68. The molecule has 2 aliphatic rings. The summed E-state index contributed by atoms with van der Waals surface area (Å²) in [4.78, 5) is 0. The van der Waals surface area contributed by atoms with Crippen molar-refractivity contribution in [1.29, 1.82) is 0 Å². The zero-order valence-corrected chi connectivity index (χ0v) is 9.48. The molecule has 0 N–H and O–H groups in total. The van der Waals surface area contributed by atoms with Gasteiger partial charge in [-0.05, 0) is 32.3 Å². The maximum absolute atomic E-state index is 13.6. The van der Waals surface area contributed by atoms with Gasteiger partial charge in [0, 0.05) is 6.54 Å². The van der Waals surface area contributed by atoms with Crippen molar-refractivity contribution in [2.45, 2.75) is 26.2 Å². The van der Waals surface area contributed by atoms with Crippen molar-refractivity contribution in [3.63, 3.8) is 0 Å². The van der Waals surface area contributed by atoms with E-state index >= 15 is 0 Å². The first-order valence-electron chi connectivity index (χ1n) is 5.07. The standard InChI is InChI=1S/C10H14FNO2S/c1-8-3-4-10(9(11)7-8)12-5-2-6-15(12,13)14/h7H,2-6H2,1H3. The smallest absolute Gasteiger partial charge is 0.235 e. The van der Waals surface area contributed by atoms with Crippen LogP contribution < -0.4 is 0 Å². The minimum absolute atomic E-state index is 0.145. The average molecular weight is 231 g/mol. The molecule has 0 aromatic carbocycles. The van der Waals surface area contributed by atoms with E-state index in [2.05, 4.69) is 0 Å². The van der Waals surface area contributed by atoms with Gasteiger partial charge in [0.05, 0.1) is 11.4 Å². The van der Waals surface area contributed by atoms with Crippen LogP contribution in [0.3, 0.4) is 0 Å². The van der Waals surface area contributed by atoms with Crippen LogP contribution in [0, 0.1) is 0 Å². The zero-order chi connectivity index (χ0) is 11.1. The number of allylic oxidation sites excluding steroid dienone is 4. The summed E-state index contributed by atoms with van der Waals surface area (Å²) < 4.78 is 38.0. The van der Waals surface area contributed by atoms with E-state index in [9.17, 15) is 12.8 Å². The van der Waals surface area contributed by atoms with Crippen LogP contribution in [-0.4, -0.2) is 25.0 Å². The fourth-order valence-electron chi connectivity index (χ4n) is 1.99. The second-order valence-electron chi connectivity index (χ2n) is 4.03. The normalized spacial score (nSPS) is 25.7. The molecule has 0 unspecified atom stereocenters. The Balaban J connectivity index is 2.36. The maximum atomic E-state index is 13.6. The predicted octanol–water partition coefficient (Wildman–Crippen LogP) is 1.94. The summed E-state index contributed by atoms with van der Waals surface area (Å²) in [5, 5.41) is 0. The van der Waals surface area contributed by atoms with Crippen molar-refractivity contribution in [3.8, 4) is 0 Å². The molecule has 5 heteroatoms. The van der Waals surface area contributed by atoms with Crippen LogP contribution in [0.1, 0.15) is 26.2 Å². The van der Waals surface area contributed by atoms with Gasteiger partial charge in [-0.2, -0.15) is 0 Å². The Hall–Kier alpha value is -0.840. The molecule has 1 aliphatic carbocycles. The second-order valence-corrected chi connectivity index (χ2v) is 6.04. The van der Waals surface area contributed by atoms with Gasteiger partial charge in [0.2, 0.25) is 10.0 Å². The Labute approximate surface area is 89.3 Å². The van der Waals surface area contributed by atoms with E-state index < -0.39 is 10.0 Å². The number of hydrogen-bond acceptors (Lipinski definition) is 2. The number of hydrogen-bond donors (Lipinski definition) is 0. The maximum Gasteiger partial charge on any atom is 0.235 e. The molecule has 3 nitrogen and oxygen atoms in total. The molecule has 0 radical (unpaired) electrons. The van der Waals surface area contributed by atoms with Crippen LogP contribution in [0.5, 0.6) is 0 Å². The van der Waals surface area contributed by atoms with E-state index in [1.165, 1.54) is 10.4 Å². The number of halogens is 1. The highest BCUT2D eigenvalue weighted by Crippen LogP contribution is 2.31. The molecule has 0 aromatic rings. The lowest BCUT2D eigenvalue weighted by molar-refractivity contribution is 0.468. The van der Waals surface area contributed by atoms with Crippen molar-refractivity contribution in [3.05, 3.63) is 23.2 Å². The molecule has 1 heterocycles. The van der Waals surface area contributed by atoms with Crippen LogP contribution in [0.4, 0.5) is 4.39 Å². The highest BCUT2D eigenvalue weighted by Gasteiger charge is 2.32. The topological polar surface area (TPSA) is 37.4 Å². The first kappa shape index (κ1) is 10.7. The Bertz CT molecular complexity index is 436. The molecule has 84 valence electrons. The van der Waals surface area contributed by atoms with Crippen LogP contribution >= 0.6 is 0 Å². The second kappa shape index (κ2) is 3.63. The van der Waals surface area contributed by atoms with E-state index in [4.69, 9.17) is 0 Å². The summed E-state index contributed by atoms with van der Waals surface area (Å²) in [6, 6.07) is 0. The SMILES string of the molecule is CC1=CC(F)=C(N2CCCS2(=O)=O)CC1. The third kappa shape index (κ3) is 1.93. The monoisotopic (exact) mass is 231 g/mol. The van der Waals surface area contributed by atoms with E-state index in [-0.39, 0.29) is 11.6 Å². The lowest BCUT2D eigenvalue weighted by atomic mass is 10.0. The fraction of sp³-hybridized carbons (Fsp3) is 0.600. The summed E-state index contributed by atoms with van der Waals surface area (Å²) in [5.41, 5.74) is 1.31. The molecule has 0 bridgehead atoms. The van der Waals surface area contributed by atoms with Gasteiger partial charge in [-0.1, -0.05) is 5.57 Å². The molecule has 0 saturated carbocycles. The molecule has 1 fully saturated rings. The Morgan fingerprint density at radius 3 is 2.67 bits per heavy atom. The average Bonchev–Trinajstić information content (AvgIpc) is 2.46. The Morgan fingerprint density at radius 2 is 2.13 bits per heavy atom. The summed E-state index contributed by atoms with van der Waals surface area (Å²) in [6.07, 6.45) is 3.27. The molecule has 0 aromatic heterocycles. The molecular formula is C10H14FNO2S. The van der Waals surface area contributed by atoms with Crippen LogP contribution in [-0.2, 0) is 10.0 Å². The van der Waals surface area contributed by atoms with Gasteiger partial charge >= 0.3 is 0 Å². The van der Waals surface area contributed by atoms with Gasteiger partial charge in [-0.3, -0.25) is 4.31 Å². The molecule has 0 amide bonds. The van der Waals surface area contributed by atoms with E-state index in [0.717, 1.165) is 12.0 Å². The molecule has 0 spiro atoms. The molecule has 2 rings (SSSR count). The number of nitrogens with zero attached hydrogens (tertiary/aromatic N) is 1. The van der Waals surface area contributed by atoms with Gasteiger partial charge in [-0.15, -0.1) is 0 Å². The van der Waals surface area contributed by atoms with Crippen LogP contribution in [0.25, 0.3) is 0 Å². The van der Waals surface area contributed by atoms with Crippen molar-refractivity contribution < 1.29 is 12.8 Å². The fourth-order valence-corrected chi connectivity index (χ4v) is 3.63. The van der Waals surface area contributed by atoms with E-state index in [1.807, 2.05) is 6.92 Å². The lowest BCUT2D eigenvalue weighted by Gasteiger charge is -2.23. The highest BCUT2D eigenvalue weighted by molar-refractivity contribution is 7.89. The first-order chi connectivity index (χ1) is 7.00. The number of sulfonamides is 1. The van der Waals surface area contributed by atoms with Gasteiger partial charge in [0.1, 0.15) is 5.83 Å². The van der Waals surface area contributed by atoms with Crippen LogP contribution in [0.15, 0.2) is 23.2 Å². The summed E-state index contributed by atoms with van der Waals surface area (Å²) in [5.74, 6) is -0.240. The Morgan fingerprint density at radius 1 is 1.40 bits per heavy atom. The van der Waals surface area contributed by atoms with Crippen molar-refractivity contribution in [1.82, 2.24) is 4.31 Å². The molecular weight excluding hydrogens is 217 g/mol. The molecule has 1 aliphatic heterocycles. The van der Waals surface area contributed by atoms with Gasteiger partial charge in [0.25, 0.3) is 0 Å². The molecule has 15 heavy (non-hydrogen) atoms. The van der Waals surface area contributed by atoms with E-state index in [0.29, 0.717) is 25.1 Å². The summed E-state index contributed by atoms with van der Waals surface area (Å²) in [6.45, 7) is 2.28. The molecule has 1 saturated heterocycles. The van der Waals surface area contributed by atoms with Gasteiger partial charge in [0.15, 0.2) is 0 Å². The van der Waals surface area contributed by atoms with Crippen LogP contribution in [0.2, 0.25) is 0 Å². The van der Waals surface area contributed by atoms with Gasteiger partial charge < -0.3 is 0 Å². The van der Waals surface area contributed by atoms with Crippen molar-refractivity contribution in [2.24, 2.45) is 0 Å². The molecule has 0 atom stereocenters. The number of rotatable bonds is 1. The largest absolute Gasteiger partial charge is 0.271 e. The quantitative estimate of drug-likeness (QED) is 0.691. The van der Waals surface area contributed by atoms with Gasteiger partial charge in [-0.25, -0.2) is 12.8 Å². The summed E-state index contributed by atoms with van der Waals surface area (Å²) >= 11 is 0. The minimum Gasteiger partial charge on any atom is -0.271 e.